The average Bonchev–Trinajstić information content (AvgIpc) is 2.83. The minimum atomic E-state index is 0.390. The first-order valence-electron chi connectivity index (χ1n) is 14.8. The third-order valence-electron chi connectivity index (χ3n) is 7.27. The van der Waals surface area contributed by atoms with Crippen LogP contribution in [0.25, 0.3) is 0 Å². The highest BCUT2D eigenvalue weighted by atomic mass is 79.9. The van der Waals surface area contributed by atoms with E-state index in [1.165, 1.54) is 139 Å². The van der Waals surface area contributed by atoms with Crippen LogP contribution in [0.3, 0.4) is 0 Å². The maximum absolute atomic E-state index is 3.64. The van der Waals surface area contributed by atoms with E-state index in [0.29, 0.717) is 13.6 Å². The Hall–Kier alpha value is 3.06. The summed E-state index contributed by atoms with van der Waals surface area (Å²) in [4.78, 5) is 0. The number of thioether (sulfide) groups is 6. The van der Waals surface area contributed by atoms with E-state index in [9.17, 15) is 0 Å². The zero-order chi connectivity index (χ0) is 25.8. The van der Waals surface area contributed by atoms with Crippen molar-refractivity contribution in [2.45, 2.75) is 156 Å². The van der Waals surface area contributed by atoms with Crippen LogP contribution < -0.4 is 0 Å². The first kappa shape index (κ1) is 33.6. The summed E-state index contributed by atoms with van der Waals surface area (Å²) in [5, 5.41) is 2.33. The molecule has 0 saturated carbocycles. The number of halogens is 2. The SMILES string of the molecule is CCCCCCC12SC3(CCCCCC)SC(CCCCCCBr)(S1)SC(CCCCCCBr)(S2)S3. The van der Waals surface area contributed by atoms with Crippen LogP contribution in [0.4, 0.5) is 0 Å². The highest BCUT2D eigenvalue weighted by molar-refractivity contribution is 9.09. The average molecular weight is 739 g/mol. The Morgan fingerprint density at radius 2 is 0.611 bits per heavy atom. The van der Waals surface area contributed by atoms with Crippen LogP contribution in [0.1, 0.15) is 142 Å². The Bertz CT molecular complexity index is 557. The molecule has 0 aliphatic carbocycles. The molecular formula is C28H50Br2S6. The first-order valence-corrected chi connectivity index (χ1v) is 22.0. The molecule has 4 fully saturated rings. The van der Waals surface area contributed by atoms with Gasteiger partial charge < -0.3 is 0 Å². The zero-order valence-electron chi connectivity index (χ0n) is 22.8. The zero-order valence-corrected chi connectivity index (χ0v) is 30.8. The second-order valence-electron chi connectivity index (χ2n) is 10.7. The summed E-state index contributed by atoms with van der Waals surface area (Å²) in [5.41, 5.74) is 0. The molecule has 212 valence electrons. The summed E-state index contributed by atoms with van der Waals surface area (Å²) in [6, 6.07) is 0. The fourth-order valence-corrected chi connectivity index (χ4v) is 28.0. The van der Waals surface area contributed by atoms with Crippen molar-refractivity contribution in [3.05, 3.63) is 0 Å². The lowest BCUT2D eigenvalue weighted by Crippen LogP contribution is -2.53. The number of hydrogen-bond donors (Lipinski definition) is 0. The van der Waals surface area contributed by atoms with Crippen molar-refractivity contribution in [3.8, 4) is 0 Å². The molecule has 0 amide bonds. The van der Waals surface area contributed by atoms with E-state index in [1.807, 2.05) is 0 Å². The molecule has 0 aromatic carbocycles. The topological polar surface area (TPSA) is 0 Å². The van der Waals surface area contributed by atoms with Crippen molar-refractivity contribution in [1.29, 1.82) is 0 Å². The Balaban J connectivity index is 1.78. The van der Waals surface area contributed by atoms with Crippen molar-refractivity contribution >= 4 is 102 Å². The third-order valence-corrected chi connectivity index (χ3v) is 20.6. The molecule has 8 heteroatoms. The lowest BCUT2D eigenvalue weighted by atomic mass is 10.2. The number of alkyl halides is 2. The van der Waals surface area contributed by atoms with Gasteiger partial charge in [-0.1, -0.05) is 136 Å². The van der Waals surface area contributed by atoms with Gasteiger partial charge in [0.2, 0.25) is 0 Å². The largest absolute Gasteiger partial charge is 0.113 e. The Kier molecular flexibility index (Phi) is 16.1. The van der Waals surface area contributed by atoms with Crippen LogP contribution in [0.15, 0.2) is 0 Å². The molecule has 0 nitrogen and oxygen atoms in total. The summed E-state index contributed by atoms with van der Waals surface area (Å²) in [7, 11) is 0. The number of rotatable bonds is 22. The monoisotopic (exact) mass is 736 g/mol. The van der Waals surface area contributed by atoms with Crippen LogP contribution >= 0.6 is 102 Å². The van der Waals surface area contributed by atoms with E-state index in [-0.39, 0.29) is 0 Å². The molecule has 4 rings (SSSR count). The molecular weight excluding hydrogens is 689 g/mol. The van der Waals surface area contributed by atoms with Gasteiger partial charge in [-0.05, 0) is 38.5 Å². The van der Waals surface area contributed by atoms with Crippen LogP contribution in [0.5, 0.6) is 0 Å². The van der Waals surface area contributed by atoms with Gasteiger partial charge in [-0.15, -0.1) is 70.6 Å². The van der Waals surface area contributed by atoms with Crippen molar-refractivity contribution in [1.82, 2.24) is 0 Å². The summed E-state index contributed by atoms with van der Waals surface area (Å²) >= 11 is 21.9. The van der Waals surface area contributed by atoms with E-state index >= 15 is 0 Å². The van der Waals surface area contributed by atoms with Gasteiger partial charge in [-0.25, -0.2) is 0 Å². The Labute approximate surface area is 266 Å². The van der Waals surface area contributed by atoms with Crippen LogP contribution in [0.2, 0.25) is 0 Å². The van der Waals surface area contributed by atoms with Gasteiger partial charge in [-0.3, -0.25) is 0 Å². The molecule has 36 heavy (non-hydrogen) atoms. The standard InChI is InChI=1S/C28H50Br2S6/c1-3-5-7-13-19-25-31-26(20-14-8-6-4-2)34-27(32-25,21-15-9-11-17-23-29)36-28(33-25,35-26)22-16-10-12-18-24-30/h3-24H2,1-2H3. The second-order valence-corrected chi connectivity index (χ2v) is 24.9. The molecule has 0 aromatic heterocycles. The minimum Gasteiger partial charge on any atom is -0.104 e. The molecule has 4 aliphatic rings. The minimum absolute atomic E-state index is 0.390. The summed E-state index contributed by atoms with van der Waals surface area (Å²) in [5.74, 6) is 0. The Morgan fingerprint density at radius 1 is 0.361 bits per heavy atom. The van der Waals surface area contributed by atoms with Crippen molar-refractivity contribution in [2.24, 2.45) is 0 Å². The van der Waals surface area contributed by atoms with Gasteiger partial charge in [-0.2, -0.15) is 0 Å². The van der Waals surface area contributed by atoms with E-state index in [0.717, 1.165) is 0 Å². The van der Waals surface area contributed by atoms with Crippen LogP contribution in [-0.2, 0) is 0 Å². The van der Waals surface area contributed by atoms with Crippen LogP contribution in [-0.4, -0.2) is 24.3 Å². The fraction of sp³-hybridized carbons (Fsp3) is 1.00. The predicted octanol–water partition coefficient (Wildman–Crippen LogP) is 13.7. The van der Waals surface area contributed by atoms with E-state index in [2.05, 4.69) is 116 Å². The van der Waals surface area contributed by atoms with Gasteiger partial charge in [0.05, 0.1) is 0 Å². The van der Waals surface area contributed by atoms with E-state index in [1.54, 1.807) is 0 Å². The van der Waals surface area contributed by atoms with Gasteiger partial charge >= 0.3 is 0 Å². The van der Waals surface area contributed by atoms with Crippen molar-refractivity contribution < 1.29 is 0 Å². The smallest absolute Gasteiger partial charge is 0.104 e. The number of hydrogen-bond acceptors (Lipinski definition) is 6. The second kappa shape index (κ2) is 17.2. The lowest BCUT2D eigenvalue weighted by Gasteiger charge is -2.67. The summed E-state index contributed by atoms with van der Waals surface area (Å²) in [6.07, 6.45) is 28.0. The van der Waals surface area contributed by atoms with Gasteiger partial charge in [0.25, 0.3) is 0 Å². The maximum atomic E-state index is 3.64. The molecule has 4 bridgehead atoms. The quantitative estimate of drug-likeness (QED) is 0.0795. The molecule has 0 atom stereocenters. The van der Waals surface area contributed by atoms with Crippen LogP contribution in [0, 0.1) is 0 Å². The molecule has 4 saturated heterocycles. The molecule has 0 aromatic rings. The molecule has 4 aliphatic heterocycles. The van der Waals surface area contributed by atoms with Gasteiger partial charge in [0.1, 0.15) is 13.6 Å². The van der Waals surface area contributed by atoms with E-state index < -0.39 is 0 Å². The van der Waals surface area contributed by atoms with Gasteiger partial charge in [0, 0.05) is 10.7 Å². The fourth-order valence-electron chi connectivity index (χ4n) is 5.40. The molecule has 0 spiro atoms. The number of unbranched alkanes of at least 4 members (excludes halogenated alkanes) is 12. The normalized spacial score (nSPS) is 33.0. The molecule has 0 radical (unpaired) electrons. The summed E-state index contributed by atoms with van der Waals surface area (Å²) in [6.45, 7) is 4.71. The molecule has 0 N–H and O–H groups in total. The highest BCUT2D eigenvalue weighted by Gasteiger charge is 2.71. The lowest BCUT2D eigenvalue weighted by molar-refractivity contribution is 0.615. The Morgan fingerprint density at radius 3 is 0.861 bits per heavy atom. The maximum Gasteiger partial charge on any atom is 0.113 e. The highest BCUT2D eigenvalue weighted by Crippen LogP contribution is 2.91. The van der Waals surface area contributed by atoms with Crippen molar-refractivity contribution in [2.75, 3.05) is 10.7 Å². The van der Waals surface area contributed by atoms with Gasteiger partial charge in [0.15, 0.2) is 0 Å². The first-order chi connectivity index (χ1) is 17.5. The molecule has 4 heterocycles. The van der Waals surface area contributed by atoms with Crippen molar-refractivity contribution in [3.63, 3.8) is 0 Å². The molecule has 0 unspecified atom stereocenters. The summed E-state index contributed by atoms with van der Waals surface area (Å²) < 4.78 is 1.57. The van der Waals surface area contributed by atoms with E-state index in [4.69, 9.17) is 0 Å². The predicted molar refractivity (Wildman–Crippen MR) is 188 cm³/mol. The third kappa shape index (κ3) is 10.1.